The molecule has 1 fully saturated rings. The van der Waals surface area contributed by atoms with Crippen molar-refractivity contribution in [3.63, 3.8) is 0 Å². The van der Waals surface area contributed by atoms with E-state index in [9.17, 15) is 9.59 Å². The molecule has 5 nitrogen and oxygen atoms in total. The minimum Gasteiger partial charge on any atom is -0.461 e. The number of carbonyl (C=O) groups is 1. The molecule has 0 aliphatic carbocycles. The van der Waals surface area contributed by atoms with Crippen molar-refractivity contribution >= 4 is 12.0 Å². The maximum absolute atomic E-state index is 11.5. The van der Waals surface area contributed by atoms with Gasteiger partial charge in [-0.2, -0.15) is 4.99 Å². The van der Waals surface area contributed by atoms with Gasteiger partial charge in [-0.3, -0.25) is 0 Å². The normalized spacial score (nSPS) is 18.4. The summed E-state index contributed by atoms with van der Waals surface area (Å²) < 4.78 is 4.82. The number of hydrogen-bond donors (Lipinski definition) is 0. The number of isocyanates is 1. The molecule has 0 spiro atoms. The van der Waals surface area contributed by atoms with Crippen LogP contribution in [0, 0.1) is 0 Å². The molecular formula is C10H14N2O3. The fourth-order valence-electron chi connectivity index (χ4n) is 1.58. The average molecular weight is 210 g/mol. The topological polar surface area (TPSA) is 59.0 Å². The van der Waals surface area contributed by atoms with Crippen LogP contribution < -0.4 is 0 Å². The Morgan fingerprint density at radius 2 is 2.40 bits per heavy atom. The molecule has 15 heavy (non-hydrogen) atoms. The second kappa shape index (κ2) is 5.32. The van der Waals surface area contributed by atoms with Crippen molar-refractivity contribution in [3.05, 3.63) is 11.4 Å². The van der Waals surface area contributed by atoms with Gasteiger partial charge in [-0.05, 0) is 19.8 Å². The molecule has 1 aliphatic rings. The molecule has 1 aliphatic heterocycles. The Morgan fingerprint density at radius 1 is 1.67 bits per heavy atom. The zero-order valence-electron chi connectivity index (χ0n) is 8.95. The average Bonchev–Trinajstić information content (AvgIpc) is 2.61. The van der Waals surface area contributed by atoms with Crippen LogP contribution in [0.15, 0.2) is 16.4 Å². The van der Waals surface area contributed by atoms with Crippen molar-refractivity contribution in [3.8, 4) is 0 Å². The third-order valence-corrected chi connectivity index (χ3v) is 2.27. The second-order valence-corrected chi connectivity index (χ2v) is 3.24. The second-order valence-electron chi connectivity index (χ2n) is 3.24. The number of nitrogens with zero attached hydrogens (tertiary/aromatic N) is 2. The number of aliphatic imine (C=N–C) groups is 1. The summed E-state index contributed by atoms with van der Waals surface area (Å²) in [7, 11) is 1.86. The van der Waals surface area contributed by atoms with Gasteiger partial charge in [0.05, 0.1) is 6.61 Å². The molecule has 1 heterocycles. The van der Waals surface area contributed by atoms with E-state index in [1.165, 1.54) is 6.08 Å². The van der Waals surface area contributed by atoms with Gasteiger partial charge in [0.15, 0.2) is 5.70 Å². The first kappa shape index (κ1) is 11.5. The van der Waals surface area contributed by atoms with E-state index in [0.717, 1.165) is 25.1 Å². The molecule has 0 aromatic heterocycles. The number of hydrogen-bond acceptors (Lipinski definition) is 5. The first-order valence-electron chi connectivity index (χ1n) is 4.90. The number of carbonyl (C=O) groups excluding carboxylic acids is 2. The largest absolute Gasteiger partial charge is 0.461 e. The number of esters is 1. The van der Waals surface area contributed by atoms with Crippen molar-refractivity contribution in [1.29, 1.82) is 0 Å². The fraction of sp³-hybridized carbons (Fsp3) is 0.600. The number of likely N-dealkylation sites (tertiary alicyclic amines) is 1. The smallest absolute Gasteiger partial charge is 0.359 e. The first-order chi connectivity index (χ1) is 7.20. The summed E-state index contributed by atoms with van der Waals surface area (Å²) in [6.07, 6.45) is 3.10. The van der Waals surface area contributed by atoms with E-state index < -0.39 is 5.97 Å². The Labute approximate surface area is 88.4 Å². The lowest BCUT2D eigenvalue weighted by atomic mass is 10.2. The van der Waals surface area contributed by atoms with E-state index in [4.69, 9.17) is 4.74 Å². The monoisotopic (exact) mass is 210 g/mol. The van der Waals surface area contributed by atoms with E-state index in [1.54, 1.807) is 6.92 Å². The first-order valence-corrected chi connectivity index (χ1v) is 4.90. The molecule has 5 heteroatoms. The van der Waals surface area contributed by atoms with E-state index in [0.29, 0.717) is 0 Å². The molecule has 0 amide bonds. The van der Waals surface area contributed by atoms with Gasteiger partial charge < -0.3 is 9.64 Å². The van der Waals surface area contributed by atoms with Crippen molar-refractivity contribution < 1.29 is 14.3 Å². The van der Waals surface area contributed by atoms with E-state index in [-0.39, 0.29) is 12.3 Å². The highest BCUT2D eigenvalue weighted by atomic mass is 16.5. The molecule has 1 rings (SSSR count). The summed E-state index contributed by atoms with van der Waals surface area (Å²) in [6.45, 7) is 2.85. The Balaban J connectivity index is 2.99. The number of rotatable bonds is 3. The van der Waals surface area contributed by atoms with Gasteiger partial charge in [-0.1, -0.05) is 0 Å². The van der Waals surface area contributed by atoms with Crippen LogP contribution >= 0.6 is 0 Å². The van der Waals surface area contributed by atoms with E-state index in [1.807, 2.05) is 11.9 Å². The lowest BCUT2D eigenvalue weighted by molar-refractivity contribution is -0.138. The van der Waals surface area contributed by atoms with Gasteiger partial charge in [0, 0.05) is 19.3 Å². The molecular weight excluding hydrogens is 196 g/mol. The summed E-state index contributed by atoms with van der Waals surface area (Å²) in [5.41, 5.74) is 0.851. The zero-order valence-corrected chi connectivity index (χ0v) is 8.95. The van der Waals surface area contributed by atoms with Gasteiger partial charge in [0.2, 0.25) is 6.08 Å². The summed E-state index contributed by atoms with van der Waals surface area (Å²) in [5.74, 6) is -0.551. The van der Waals surface area contributed by atoms with Crippen molar-refractivity contribution in [1.82, 2.24) is 4.90 Å². The number of allylic oxidation sites excluding steroid dienone is 1. The lowest BCUT2D eigenvalue weighted by Gasteiger charge is -2.14. The molecule has 0 atom stereocenters. The van der Waals surface area contributed by atoms with Crippen LogP contribution in [0.25, 0.3) is 0 Å². The Hall–Kier alpha value is -1.61. The quantitative estimate of drug-likeness (QED) is 0.299. The molecule has 0 unspecified atom stereocenters. The van der Waals surface area contributed by atoms with Crippen LogP contribution in [-0.4, -0.2) is 37.1 Å². The molecule has 0 bridgehead atoms. The molecule has 0 aromatic carbocycles. The van der Waals surface area contributed by atoms with E-state index in [2.05, 4.69) is 4.99 Å². The van der Waals surface area contributed by atoms with Gasteiger partial charge in [-0.25, -0.2) is 9.59 Å². The number of ether oxygens (including phenoxy) is 1. The third kappa shape index (κ3) is 2.67. The Morgan fingerprint density at radius 3 is 2.87 bits per heavy atom. The molecule has 1 saturated heterocycles. The van der Waals surface area contributed by atoms with Gasteiger partial charge >= 0.3 is 5.97 Å². The van der Waals surface area contributed by atoms with Gasteiger partial charge in [-0.15, -0.1) is 0 Å². The van der Waals surface area contributed by atoms with Crippen LogP contribution in [0.3, 0.4) is 0 Å². The highest BCUT2D eigenvalue weighted by Crippen LogP contribution is 2.23. The third-order valence-electron chi connectivity index (χ3n) is 2.27. The predicted molar refractivity (Wildman–Crippen MR) is 53.6 cm³/mol. The molecule has 0 N–H and O–H groups in total. The highest BCUT2D eigenvalue weighted by Gasteiger charge is 2.23. The Bertz CT molecular complexity index is 330. The van der Waals surface area contributed by atoms with Crippen LogP contribution in [0.2, 0.25) is 0 Å². The molecule has 82 valence electrons. The van der Waals surface area contributed by atoms with Gasteiger partial charge in [0.1, 0.15) is 0 Å². The highest BCUT2D eigenvalue weighted by molar-refractivity contribution is 5.89. The summed E-state index contributed by atoms with van der Waals surface area (Å²) in [4.78, 5) is 27.1. The summed E-state index contributed by atoms with van der Waals surface area (Å²) in [6, 6.07) is 0. The molecule has 0 saturated carbocycles. The summed E-state index contributed by atoms with van der Waals surface area (Å²) in [5, 5.41) is 0. The van der Waals surface area contributed by atoms with Crippen LogP contribution in [0.1, 0.15) is 19.8 Å². The fourth-order valence-corrected chi connectivity index (χ4v) is 1.58. The molecule has 0 aromatic rings. The van der Waals surface area contributed by atoms with E-state index >= 15 is 0 Å². The minimum absolute atomic E-state index is 0.0897. The maximum Gasteiger partial charge on any atom is 0.359 e. The predicted octanol–water partition coefficient (Wildman–Crippen LogP) is 0.823. The van der Waals surface area contributed by atoms with Crippen LogP contribution in [0.4, 0.5) is 0 Å². The zero-order chi connectivity index (χ0) is 11.3. The molecule has 0 radical (unpaired) electrons. The summed E-state index contributed by atoms with van der Waals surface area (Å²) >= 11 is 0. The minimum atomic E-state index is -0.551. The van der Waals surface area contributed by atoms with Crippen molar-refractivity contribution in [2.24, 2.45) is 4.99 Å². The van der Waals surface area contributed by atoms with Gasteiger partial charge in [0.25, 0.3) is 0 Å². The van der Waals surface area contributed by atoms with Crippen molar-refractivity contribution in [2.45, 2.75) is 19.8 Å². The standard InChI is InChI=1S/C10H14N2O3/c1-3-15-10(14)9(11-7-13)8-5-4-6-12(8)2/h3-6H2,1-2H3/b9-8-. The van der Waals surface area contributed by atoms with Crippen LogP contribution in [-0.2, 0) is 14.3 Å². The Kier molecular flexibility index (Phi) is 4.06. The van der Waals surface area contributed by atoms with Crippen LogP contribution in [0.5, 0.6) is 0 Å². The lowest BCUT2D eigenvalue weighted by Crippen LogP contribution is -2.16. The SMILES string of the molecule is CCOC(=O)/C(N=C=O)=C1\CCCN1C. The van der Waals surface area contributed by atoms with Crippen molar-refractivity contribution in [2.75, 3.05) is 20.2 Å². The maximum atomic E-state index is 11.5.